The van der Waals surface area contributed by atoms with E-state index in [0.717, 1.165) is 26.2 Å². The molecule has 1 fully saturated rings. The van der Waals surface area contributed by atoms with Crippen LogP contribution < -0.4 is 5.32 Å². The molecule has 1 aliphatic rings. The van der Waals surface area contributed by atoms with Crippen LogP contribution in [0.5, 0.6) is 0 Å². The summed E-state index contributed by atoms with van der Waals surface area (Å²) < 4.78 is 27.6. The molecular weight excluding hydrogens is 246 g/mol. The summed E-state index contributed by atoms with van der Waals surface area (Å²) in [7, 11) is 0. The van der Waals surface area contributed by atoms with E-state index in [9.17, 15) is 8.78 Å². The molecule has 1 aromatic rings. The molecule has 1 aromatic carbocycles. The minimum Gasteiger partial charge on any atom is -0.314 e. The number of halogens is 2. The number of rotatable bonds is 2. The maximum Gasteiger partial charge on any atom is 0.128 e. The summed E-state index contributed by atoms with van der Waals surface area (Å²) in [5.41, 5.74) is 0.320. The van der Waals surface area contributed by atoms with Gasteiger partial charge in [-0.2, -0.15) is 0 Å². The molecule has 0 aliphatic carbocycles. The van der Waals surface area contributed by atoms with Crippen LogP contribution in [0.1, 0.15) is 32.4 Å². The van der Waals surface area contributed by atoms with Gasteiger partial charge in [0.15, 0.2) is 0 Å². The molecule has 19 heavy (non-hydrogen) atoms. The maximum atomic E-state index is 14.1. The van der Waals surface area contributed by atoms with Gasteiger partial charge in [0, 0.05) is 37.8 Å². The largest absolute Gasteiger partial charge is 0.314 e. The minimum atomic E-state index is -0.374. The lowest BCUT2D eigenvalue weighted by Crippen LogP contribution is -2.48. The Morgan fingerprint density at radius 3 is 2.37 bits per heavy atom. The van der Waals surface area contributed by atoms with Gasteiger partial charge in [-0.3, -0.25) is 4.90 Å². The van der Waals surface area contributed by atoms with Gasteiger partial charge in [-0.1, -0.05) is 20.8 Å². The molecule has 0 spiro atoms. The molecular formula is C15H22F2N2. The number of hydrogen-bond donors (Lipinski definition) is 1. The normalized spacial score (nSPS) is 19.4. The summed E-state index contributed by atoms with van der Waals surface area (Å²) in [4.78, 5) is 2.24. The third-order valence-electron chi connectivity index (χ3n) is 3.59. The molecule has 2 nitrogen and oxygen atoms in total. The second kappa shape index (κ2) is 5.55. The zero-order valence-corrected chi connectivity index (χ0v) is 11.8. The molecule has 1 N–H and O–H groups in total. The number of nitrogens with zero attached hydrogens (tertiary/aromatic N) is 1. The Bertz CT molecular complexity index is 434. The van der Waals surface area contributed by atoms with Crippen LogP contribution in [-0.4, -0.2) is 31.1 Å². The highest BCUT2D eigenvalue weighted by molar-refractivity contribution is 5.24. The van der Waals surface area contributed by atoms with Crippen molar-refractivity contribution in [3.8, 4) is 0 Å². The molecule has 0 amide bonds. The van der Waals surface area contributed by atoms with Gasteiger partial charge in [0.25, 0.3) is 0 Å². The van der Waals surface area contributed by atoms with Gasteiger partial charge in [0.1, 0.15) is 11.6 Å². The number of hydrogen-bond acceptors (Lipinski definition) is 2. The second-order valence-electron chi connectivity index (χ2n) is 6.22. The average molecular weight is 268 g/mol. The first-order chi connectivity index (χ1) is 8.89. The van der Waals surface area contributed by atoms with Crippen molar-refractivity contribution in [1.29, 1.82) is 0 Å². The number of benzene rings is 1. The van der Waals surface area contributed by atoms with Crippen molar-refractivity contribution in [3.63, 3.8) is 0 Å². The molecule has 4 heteroatoms. The quantitative estimate of drug-likeness (QED) is 0.887. The molecule has 0 radical (unpaired) electrons. The SMILES string of the molecule is CC(C)(C)[C@@H](c1cc(F)ccc1F)N1CCNCC1. The van der Waals surface area contributed by atoms with Crippen LogP contribution in [0.25, 0.3) is 0 Å². The Morgan fingerprint density at radius 2 is 1.79 bits per heavy atom. The molecule has 106 valence electrons. The van der Waals surface area contributed by atoms with E-state index >= 15 is 0 Å². The van der Waals surface area contributed by atoms with Gasteiger partial charge in [-0.25, -0.2) is 8.78 Å². The molecule has 0 unspecified atom stereocenters. The van der Waals surface area contributed by atoms with Crippen LogP contribution in [0.4, 0.5) is 8.78 Å². The van der Waals surface area contributed by atoms with E-state index in [4.69, 9.17) is 0 Å². The topological polar surface area (TPSA) is 15.3 Å². The van der Waals surface area contributed by atoms with Crippen LogP contribution >= 0.6 is 0 Å². The third-order valence-corrected chi connectivity index (χ3v) is 3.59. The Balaban J connectivity index is 2.39. The second-order valence-corrected chi connectivity index (χ2v) is 6.22. The lowest BCUT2D eigenvalue weighted by atomic mass is 9.80. The molecule has 1 saturated heterocycles. The maximum absolute atomic E-state index is 14.1. The molecule has 0 bridgehead atoms. The zero-order chi connectivity index (χ0) is 14.0. The van der Waals surface area contributed by atoms with E-state index in [1.54, 1.807) is 0 Å². The molecule has 0 saturated carbocycles. The molecule has 2 rings (SSSR count). The van der Waals surface area contributed by atoms with E-state index in [0.29, 0.717) is 5.56 Å². The molecule has 0 aromatic heterocycles. The van der Waals surface area contributed by atoms with Gasteiger partial charge in [-0.05, 0) is 23.6 Å². The van der Waals surface area contributed by atoms with Gasteiger partial charge < -0.3 is 5.32 Å². The Kier molecular flexibility index (Phi) is 4.21. The van der Waals surface area contributed by atoms with Crippen molar-refractivity contribution in [2.75, 3.05) is 26.2 Å². The highest BCUT2D eigenvalue weighted by atomic mass is 19.1. The van der Waals surface area contributed by atoms with Crippen LogP contribution in [0.15, 0.2) is 18.2 Å². The molecule has 1 heterocycles. The van der Waals surface area contributed by atoms with Crippen molar-refractivity contribution >= 4 is 0 Å². The van der Waals surface area contributed by atoms with Crippen LogP contribution in [-0.2, 0) is 0 Å². The van der Waals surface area contributed by atoms with Crippen molar-refractivity contribution in [3.05, 3.63) is 35.4 Å². The standard InChI is InChI=1S/C15H22F2N2/c1-15(2,3)14(19-8-6-18-7-9-19)12-10-11(16)4-5-13(12)17/h4-5,10,14,18H,6-9H2,1-3H3/t14-/m1/s1. The van der Waals surface area contributed by atoms with Crippen molar-refractivity contribution in [2.45, 2.75) is 26.8 Å². The van der Waals surface area contributed by atoms with Crippen LogP contribution in [0, 0.1) is 17.0 Å². The highest BCUT2D eigenvalue weighted by Crippen LogP contribution is 2.39. The van der Waals surface area contributed by atoms with Gasteiger partial charge in [0.05, 0.1) is 0 Å². The van der Waals surface area contributed by atoms with Gasteiger partial charge in [-0.15, -0.1) is 0 Å². The molecule has 1 atom stereocenters. The predicted octanol–water partition coefficient (Wildman–Crippen LogP) is 2.96. The van der Waals surface area contributed by atoms with Crippen molar-refractivity contribution in [2.24, 2.45) is 5.41 Å². The fraction of sp³-hybridized carbons (Fsp3) is 0.600. The van der Waals surface area contributed by atoms with Crippen molar-refractivity contribution in [1.82, 2.24) is 10.2 Å². The van der Waals surface area contributed by atoms with Crippen molar-refractivity contribution < 1.29 is 8.78 Å². The predicted molar refractivity (Wildman–Crippen MR) is 73.0 cm³/mol. The monoisotopic (exact) mass is 268 g/mol. The summed E-state index contributed by atoms with van der Waals surface area (Å²) in [6, 6.07) is 3.64. The summed E-state index contributed by atoms with van der Waals surface area (Å²) in [6.07, 6.45) is 0. The number of piperazine rings is 1. The lowest BCUT2D eigenvalue weighted by Gasteiger charge is -2.42. The first kappa shape index (κ1) is 14.4. The molecule has 1 aliphatic heterocycles. The smallest absolute Gasteiger partial charge is 0.128 e. The fourth-order valence-electron chi connectivity index (χ4n) is 2.88. The lowest BCUT2D eigenvalue weighted by molar-refractivity contribution is 0.0832. The third kappa shape index (κ3) is 3.31. The van der Waals surface area contributed by atoms with Crippen LogP contribution in [0.3, 0.4) is 0 Å². The van der Waals surface area contributed by atoms with Crippen LogP contribution in [0.2, 0.25) is 0 Å². The van der Waals surface area contributed by atoms with Gasteiger partial charge in [0.2, 0.25) is 0 Å². The Hall–Kier alpha value is -1.00. The van der Waals surface area contributed by atoms with E-state index < -0.39 is 0 Å². The van der Waals surface area contributed by atoms with E-state index in [-0.39, 0.29) is 23.1 Å². The minimum absolute atomic E-state index is 0.106. The summed E-state index contributed by atoms with van der Waals surface area (Å²) in [5.74, 6) is -0.694. The zero-order valence-electron chi connectivity index (χ0n) is 11.8. The van der Waals surface area contributed by atoms with E-state index in [1.807, 2.05) is 0 Å². The van der Waals surface area contributed by atoms with Gasteiger partial charge >= 0.3 is 0 Å². The summed E-state index contributed by atoms with van der Waals surface area (Å²) >= 11 is 0. The number of nitrogens with one attached hydrogen (secondary N) is 1. The Morgan fingerprint density at radius 1 is 1.16 bits per heavy atom. The highest BCUT2D eigenvalue weighted by Gasteiger charge is 2.34. The first-order valence-corrected chi connectivity index (χ1v) is 6.79. The first-order valence-electron chi connectivity index (χ1n) is 6.79. The van der Waals surface area contributed by atoms with E-state index in [2.05, 4.69) is 31.0 Å². The summed E-state index contributed by atoms with van der Waals surface area (Å²) in [5, 5.41) is 3.29. The Labute approximate surface area is 113 Å². The fourth-order valence-corrected chi connectivity index (χ4v) is 2.88. The van der Waals surface area contributed by atoms with E-state index in [1.165, 1.54) is 18.2 Å². The summed E-state index contributed by atoms with van der Waals surface area (Å²) in [6.45, 7) is 9.72. The average Bonchev–Trinajstić information content (AvgIpc) is 2.33.